The van der Waals surface area contributed by atoms with Crippen molar-refractivity contribution in [3.63, 3.8) is 0 Å². The Hall–Kier alpha value is -3.99. The molecule has 0 radical (unpaired) electrons. The molecule has 1 unspecified atom stereocenters. The molecule has 0 spiro atoms. The number of hydrogen-bond acceptors (Lipinski definition) is 9. The van der Waals surface area contributed by atoms with Crippen LogP contribution in [0, 0.1) is 5.92 Å². The van der Waals surface area contributed by atoms with Crippen LogP contribution in [-0.2, 0) is 22.5 Å². The summed E-state index contributed by atoms with van der Waals surface area (Å²) in [6.07, 6.45) is 0.313. The minimum atomic E-state index is -0.596. The van der Waals surface area contributed by atoms with Crippen LogP contribution in [0.5, 0.6) is 5.75 Å². The molecule has 3 aromatic rings. The number of fused-ring (bicyclic) bond motifs is 1. The van der Waals surface area contributed by atoms with E-state index in [2.05, 4.69) is 15.6 Å². The van der Waals surface area contributed by atoms with Crippen molar-refractivity contribution in [3.8, 4) is 5.75 Å². The highest BCUT2D eigenvalue weighted by Gasteiger charge is 2.33. The van der Waals surface area contributed by atoms with Gasteiger partial charge in [0.1, 0.15) is 11.5 Å². The number of esters is 1. The molecule has 0 saturated carbocycles. The number of aromatic nitrogens is 1. The van der Waals surface area contributed by atoms with Crippen LogP contribution >= 0.6 is 11.3 Å². The van der Waals surface area contributed by atoms with E-state index in [1.54, 1.807) is 44.4 Å². The largest absolute Gasteiger partial charge is 0.497 e. The number of nitrogens with one attached hydrogen (secondary N) is 2. The highest BCUT2D eigenvalue weighted by molar-refractivity contribution is 7.17. The van der Waals surface area contributed by atoms with E-state index in [-0.39, 0.29) is 49.4 Å². The SMILES string of the molecule is CCOC(=O)c1ccc(CNC(=O)C2CC(=O)c3sc(NC(=O)c4ccc(OC)cc4)nc3C2)o1. The van der Waals surface area contributed by atoms with E-state index in [4.69, 9.17) is 13.9 Å². The fourth-order valence-electron chi connectivity index (χ4n) is 3.58. The number of benzene rings is 1. The van der Waals surface area contributed by atoms with E-state index in [0.717, 1.165) is 11.3 Å². The molecule has 2 heterocycles. The van der Waals surface area contributed by atoms with Crippen molar-refractivity contribution >= 4 is 40.0 Å². The Morgan fingerprint density at radius 2 is 1.91 bits per heavy atom. The van der Waals surface area contributed by atoms with Crippen LogP contribution < -0.4 is 15.4 Å². The molecule has 0 fully saturated rings. The highest BCUT2D eigenvalue weighted by atomic mass is 32.1. The normalized spacial score (nSPS) is 14.7. The number of carbonyl (C=O) groups excluding carboxylic acids is 4. The molecule has 1 aromatic carbocycles. The Balaban J connectivity index is 1.36. The molecule has 0 bridgehead atoms. The molecule has 2 aromatic heterocycles. The van der Waals surface area contributed by atoms with Gasteiger partial charge in [0.05, 0.1) is 36.8 Å². The molecule has 1 aliphatic carbocycles. The fraction of sp³-hybridized carbons (Fsp3) is 0.292. The second-order valence-corrected chi connectivity index (χ2v) is 8.71. The summed E-state index contributed by atoms with van der Waals surface area (Å²) < 4.78 is 15.4. The quantitative estimate of drug-likeness (QED) is 0.453. The topological polar surface area (TPSA) is 137 Å². The number of methoxy groups -OCH3 is 1. The molecule has 182 valence electrons. The molecule has 1 aliphatic rings. The minimum absolute atomic E-state index is 0.0408. The van der Waals surface area contributed by atoms with Crippen molar-refractivity contribution in [2.75, 3.05) is 19.0 Å². The van der Waals surface area contributed by atoms with Crippen LogP contribution in [0.1, 0.15) is 55.4 Å². The van der Waals surface area contributed by atoms with Crippen LogP contribution in [0.4, 0.5) is 5.13 Å². The number of rotatable bonds is 8. The number of Topliss-reactive ketones (excluding diaryl/α,β-unsaturated/α-hetero) is 1. The van der Waals surface area contributed by atoms with Crippen molar-refractivity contribution in [3.05, 3.63) is 64.1 Å². The molecule has 1 atom stereocenters. The molecule has 4 rings (SSSR count). The van der Waals surface area contributed by atoms with Gasteiger partial charge in [-0.25, -0.2) is 9.78 Å². The first-order valence-corrected chi connectivity index (χ1v) is 11.7. The zero-order valence-electron chi connectivity index (χ0n) is 19.1. The maximum absolute atomic E-state index is 12.7. The van der Waals surface area contributed by atoms with Crippen molar-refractivity contribution < 1.29 is 33.1 Å². The molecule has 2 N–H and O–H groups in total. The fourth-order valence-corrected chi connectivity index (χ4v) is 4.52. The maximum Gasteiger partial charge on any atom is 0.374 e. The molecular formula is C24H23N3O7S. The number of ketones is 1. The summed E-state index contributed by atoms with van der Waals surface area (Å²) in [6, 6.07) is 9.66. The Labute approximate surface area is 204 Å². The number of hydrogen-bond donors (Lipinski definition) is 2. The van der Waals surface area contributed by atoms with E-state index in [1.807, 2.05) is 0 Å². The van der Waals surface area contributed by atoms with Crippen molar-refractivity contribution in [1.82, 2.24) is 10.3 Å². The van der Waals surface area contributed by atoms with Crippen LogP contribution in [0.2, 0.25) is 0 Å². The Morgan fingerprint density at radius 1 is 1.14 bits per heavy atom. The van der Waals surface area contributed by atoms with E-state index < -0.39 is 11.9 Å². The summed E-state index contributed by atoms with van der Waals surface area (Å²) >= 11 is 1.10. The van der Waals surface area contributed by atoms with Crippen molar-refractivity contribution in [2.24, 2.45) is 5.92 Å². The molecule has 10 nitrogen and oxygen atoms in total. The van der Waals surface area contributed by atoms with E-state index in [1.165, 1.54) is 6.07 Å². The first-order chi connectivity index (χ1) is 16.9. The summed E-state index contributed by atoms with van der Waals surface area (Å²) in [6.45, 7) is 1.99. The number of nitrogens with zero attached hydrogens (tertiary/aromatic N) is 1. The molecule has 35 heavy (non-hydrogen) atoms. The van der Waals surface area contributed by atoms with Crippen LogP contribution in [0.3, 0.4) is 0 Å². The highest BCUT2D eigenvalue weighted by Crippen LogP contribution is 2.32. The van der Waals surface area contributed by atoms with E-state index in [9.17, 15) is 19.2 Å². The van der Waals surface area contributed by atoms with Gasteiger partial charge in [0, 0.05) is 18.4 Å². The zero-order chi connectivity index (χ0) is 24.9. The first-order valence-electron chi connectivity index (χ1n) is 10.9. The van der Waals surface area contributed by atoms with Gasteiger partial charge in [-0.2, -0.15) is 0 Å². The lowest BCUT2D eigenvalue weighted by atomic mass is 9.89. The first kappa shape index (κ1) is 24.1. The number of thiazole rings is 1. The van der Waals surface area contributed by atoms with Crippen molar-refractivity contribution in [1.29, 1.82) is 0 Å². The van der Waals surface area contributed by atoms with Gasteiger partial charge in [0.25, 0.3) is 5.91 Å². The summed E-state index contributed by atoms with van der Waals surface area (Å²) in [5.41, 5.74) is 0.908. The lowest BCUT2D eigenvalue weighted by molar-refractivity contribution is -0.125. The summed E-state index contributed by atoms with van der Waals surface area (Å²) in [7, 11) is 1.54. The van der Waals surface area contributed by atoms with Gasteiger partial charge in [0.15, 0.2) is 10.9 Å². The van der Waals surface area contributed by atoms with Crippen LogP contribution in [0.25, 0.3) is 0 Å². The molecule has 11 heteroatoms. The lowest BCUT2D eigenvalue weighted by Gasteiger charge is -2.19. The third-order valence-electron chi connectivity index (χ3n) is 5.34. The number of furan rings is 1. The molecule has 2 amide bonds. The second kappa shape index (κ2) is 10.5. The van der Waals surface area contributed by atoms with E-state index in [0.29, 0.717) is 32.8 Å². The number of anilines is 1. The zero-order valence-corrected chi connectivity index (χ0v) is 19.9. The Kier molecular flexibility index (Phi) is 7.25. The average molecular weight is 498 g/mol. The molecular weight excluding hydrogens is 474 g/mol. The number of amides is 2. The van der Waals surface area contributed by atoms with E-state index >= 15 is 0 Å². The van der Waals surface area contributed by atoms with Crippen LogP contribution in [-0.4, -0.2) is 42.3 Å². The third kappa shape index (κ3) is 5.57. The number of ether oxygens (including phenoxy) is 2. The Morgan fingerprint density at radius 3 is 2.63 bits per heavy atom. The maximum atomic E-state index is 12.7. The van der Waals surface area contributed by atoms with Gasteiger partial charge in [-0.3, -0.25) is 19.7 Å². The number of carbonyl (C=O) groups is 4. The van der Waals surface area contributed by atoms with Gasteiger partial charge in [-0.15, -0.1) is 0 Å². The monoisotopic (exact) mass is 497 g/mol. The smallest absolute Gasteiger partial charge is 0.374 e. The average Bonchev–Trinajstić information content (AvgIpc) is 3.50. The summed E-state index contributed by atoms with van der Waals surface area (Å²) in [5, 5.41) is 5.74. The lowest BCUT2D eigenvalue weighted by Crippen LogP contribution is -2.35. The summed E-state index contributed by atoms with van der Waals surface area (Å²) in [4.78, 5) is 54.4. The second-order valence-electron chi connectivity index (χ2n) is 7.71. The van der Waals surface area contributed by atoms with Gasteiger partial charge in [-0.1, -0.05) is 11.3 Å². The van der Waals surface area contributed by atoms with Gasteiger partial charge in [-0.05, 0) is 43.3 Å². The summed E-state index contributed by atoms with van der Waals surface area (Å²) in [5.74, 6) is -0.975. The predicted octanol–water partition coefficient (Wildman–Crippen LogP) is 3.24. The standard InChI is InChI=1S/C24H23N3O7S/c1-3-33-23(31)19-9-8-16(34-19)12-25-21(29)14-10-17-20(18(28)11-14)35-24(26-17)27-22(30)13-4-6-15(32-2)7-5-13/h4-9,14H,3,10-12H2,1-2H3,(H,25,29)(H,26,27,30). The van der Waals surface area contributed by atoms with Crippen molar-refractivity contribution in [2.45, 2.75) is 26.3 Å². The van der Waals surface area contributed by atoms with Gasteiger partial charge < -0.3 is 19.2 Å². The predicted molar refractivity (Wildman–Crippen MR) is 126 cm³/mol. The van der Waals surface area contributed by atoms with Crippen LogP contribution in [0.15, 0.2) is 40.8 Å². The third-order valence-corrected chi connectivity index (χ3v) is 6.39. The van der Waals surface area contributed by atoms with Gasteiger partial charge >= 0.3 is 5.97 Å². The minimum Gasteiger partial charge on any atom is -0.497 e. The Bertz CT molecular complexity index is 1260. The molecule has 0 saturated heterocycles. The molecule has 0 aliphatic heterocycles. The van der Waals surface area contributed by atoms with Gasteiger partial charge in [0.2, 0.25) is 11.7 Å².